The van der Waals surface area contributed by atoms with E-state index in [1.54, 1.807) is 0 Å². The highest BCUT2D eigenvalue weighted by Gasteiger charge is 2.14. The van der Waals surface area contributed by atoms with E-state index < -0.39 is 10.0 Å². The van der Waals surface area contributed by atoms with Crippen LogP contribution in [0.15, 0.2) is 0 Å². The second kappa shape index (κ2) is 9.72. The molecule has 0 aliphatic carbocycles. The summed E-state index contributed by atoms with van der Waals surface area (Å²) < 4.78 is 26.5. The maximum atomic E-state index is 11.8. The van der Waals surface area contributed by atoms with Crippen LogP contribution in [0.25, 0.3) is 0 Å². The molecule has 116 valence electrons. The molecule has 0 spiro atoms. The first-order chi connectivity index (χ1) is 8.73. The summed E-state index contributed by atoms with van der Waals surface area (Å²) in [5, 5.41) is 3.23. The number of hydrogen-bond donors (Lipinski definition) is 2. The molecule has 0 amide bonds. The molecule has 0 aliphatic rings. The van der Waals surface area contributed by atoms with E-state index in [0.717, 1.165) is 25.8 Å². The predicted octanol–water partition coefficient (Wildman–Crippen LogP) is 2.51. The Kier molecular flexibility index (Phi) is 9.66. The Bertz CT molecular complexity index is 313. The van der Waals surface area contributed by atoms with Crippen LogP contribution in [0.2, 0.25) is 0 Å². The first-order valence-electron chi connectivity index (χ1n) is 7.46. The molecule has 0 fully saturated rings. The van der Waals surface area contributed by atoms with E-state index in [1.165, 1.54) is 0 Å². The molecule has 0 saturated heterocycles. The molecule has 0 rings (SSSR count). The van der Waals surface area contributed by atoms with Crippen LogP contribution < -0.4 is 10.0 Å². The van der Waals surface area contributed by atoms with Crippen LogP contribution in [0.3, 0.4) is 0 Å². The molecule has 0 aromatic carbocycles. The Morgan fingerprint density at radius 2 is 1.58 bits per heavy atom. The number of hydrogen-bond acceptors (Lipinski definition) is 3. The van der Waals surface area contributed by atoms with Gasteiger partial charge in [0, 0.05) is 12.1 Å². The van der Waals surface area contributed by atoms with E-state index in [9.17, 15) is 8.42 Å². The molecule has 0 radical (unpaired) electrons. The zero-order valence-corrected chi connectivity index (χ0v) is 14.0. The fourth-order valence-electron chi connectivity index (χ4n) is 1.91. The Balaban J connectivity index is 3.81. The average molecular weight is 292 g/mol. The van der Waals surface area contributed by atoms with Gasteiger partial charge in [0.2, 0.25) is 10.0 Å². The topological polar surface area (TPSA) is 58.2 Å². The second-order valence-electron chi connectivity index (χ2n) is 6.12. The minimum atomic E-state index is -3.12. The molecule has 19 heavy (non-hydrogen) atoms. The van der Waals surface area contributed by atoms with Gasteiger partial charge in [-0.05, 0) is 32.2 Å². The van der Waals surface area contributed by atoms with Crippen molar-refractivity contribution in [2.45, 2.75) is 72.4 Å². The van der Waals surface area contributed by atoms with Gasteiger partial charge >= 0.3 is 0 Å². The number of nitrogens with one attached hydrogen (secondary N) is 2. The highest BCUT2D eigenvalue weighted by Crippen LogP contribution is 2.08. The van der Waals surface area contributed by atoms with Crippen LogP contribution in [0.4, 0.5) is 0 Å². The normalized spacial score (nSPS) is 14.3. The average Bonchev–Trinajstić information content (AvgIpc) is 2.23. The Hall–Kier alpha value is -0.130. The van der Waals surface area contributed by atoms with Crippen molar-refractivity contribution in [3.8, 4) is 0 Å². The molecule has 0 aliphatic heterocycles. The van der Waals surface area contributed by atoms with E-state index in [1.807, 2.05) is 6.92 Å². The smallest absolute Gasteiger partial charge is 0.211 e. The maximum Gasteiger partial charge on any atom is 0.211 e. The summed E-state index contributed by atoms with van der Waals surface area (Å²) in [6.07, 6.45) is 3.81. The van der Waals surface area contributed by atoms with E-state index in [-0.39, 0.29) is 11.8 Å². The van der Waals surface area contributed by atoms with Crippen molar-refractivity contribution < 1.29 is 8.42 Å². The van der Waals surface area contributed by atoms with Gasteiger partial charge in [-0.25, -0.2) is 13.1 Å². The standard InChI is InChI=1S/C14H32N2O2S/c1-12(2)8-6-9-14(5)16-19(17,18)11-7-10-15-13(3)4/h12-16H,6-11H2,1-5H3. The quantitative estimate of drug-likeness (QED) is 0.575. The van der Waals surface area contributed by atoms with Gasteiger partial charge in [0.25, 0.3) is 0 Å². The summed E-state index contributed by atoms with van der Waals surface area (Å²) in [7, 11) is -3.12. The third kappa shape index (κ3) is 12.6. The summed E-state index contributed by atoms with van der Waals surface area (Å²) in [4.78, 5) is 0. The molecule has 0 heterocycles. The second-order valence-corrected chi connectivity index (χ2v) is 8.00. The molecule has 1 atom stereocenters. The third-order valence-corrected chi connectivity index (χ3v) is 4.53. The van der Waals surface area contributed by atoms with Gasteiger partial charge < -0.3 is 5.32 Å². The van der Waals surface area contributed by atoms with Gasteiger partial charge in [-0.15, -0.1) is 0 Å². The molecule has 0 bridgehead atoms. The lowest BCUT2D eigenvalue weighted by molar-refractivity contribution is 0.487. The molecule has 0 saturated carbocycles. The first-order valence-corrected chi connectivity index (χ1v) is 9.11. The molecule has 5 heteroatoms. The Labute approximate surface area is 119 Å². The lowest BCUT2D eigenvalue weighted by Crippen LogP contribution is -2.35. The molecule has 1 unspecified atom stereocenters. The molecule has 0 aromatic rings. The van der Waals surface area contributed by atoms with Gasteiger partial charge in [0.1, 0.15) is 0 Å². The van der Waals surface area contributed by atoms with E-state index in [0.29, 0.717) is 18.4 Å². The van der Waals surface area contributed by atoms with Crippen LogP contribution in [0.1, 0.15) is 60.3 Å². The van der Waals surface area contributed by atoms with Crippen molar-refractivity contribution in [3.05, 3.63) is 0 Å². The van der Waals surface area contributed by atoms with Gasteiger partial charge in [-0.1, -0.05) is 40.5 Å². The number of sulfonamides is 1. The van der Waals surface area contributed by atoms with Crippen LogP contribution in [-0.2, 0) is 10.0 Å². The van der Waals surface area contributed by atoms with Crippen molar-refractivity contribution in [2.75, 3.05) is 12.3 Å². The molecule has 0 aromatic heterocycles. The summed E-state index contributed by atoms with van der Waals surface area (Å²) in [6, 6.07) is 0.451. The molecular weight excluding hydrogens is 260 g/mol. The Morgan fingerprint density at radius 3 is 2.11 bits per heavy atom. The summed E-state index contributed by atoms with van der Waals surface area (Å²) >= 11 is 0. The SMILES string of the molecule is CC(C)CCCC(C)NS(=O)(=O)CCCNC(C)C. The van der Waals surface area contributed by atoms with Crippen molar-refractivity contribution in [1.29, 1.82) is 0 Å². The minimum absolute atomic E-state index is 0.0433. The highest BCUT2D eigenvalue weighted by molar-refractivity contribution is 7.89. The van der Waals surface area contributed by atoms with Gasteiger partial charge in [0.15, 0.2) is 0 Å². The van der Waals surface area contributed by atoms with Crippen molar-refractivity contribution >= 4 is 10.0 Å². The molecule has 2 N–H and O–H groups in total. The lowest BCUT2D eigenvalue weighted by Gasteiger charge is -2.15. The van der Waals surface area contributed by atoms with Crippen molar-refractivity contribution in [1.82, 2.24) is 10.0 Å². The van der Waals surface area contributed by atoms with Crippen LogP contribution in [0, 0.1) is 5.92 Å². The fraction of sp³-hybridized carbons (Fsp3) is 1.00. The number of rotatable bonds is 11. The first kappa shape index (κ1) is 18.9. The minimum Gasteiger partial charge on any atom is -0.314 e. The van der Waals surface area contributed by atoms with Crippen molar-refractivity contribution in [3.63, 3.8) is 0 Å². The summed E-state index contributed by atoms with van der Waals surface area (Å²) in [5.74, 6) is 0.896. The van der Waals surface area contributed by atoms with E-state index in [4.69, 9.17) is 0 Å². The molecular formula is C14H32N2O2S. The fourth-order valence-corrected chi connectivity index (χ4v) is 3.28. The van der Waals surface area contributed by atoms with Crippen LogP contribution >= 0.6 is 0 Å². The zero-order chi connectivity index (χ0) is 14.9. The van der Waals surface area contributed by atoms with Crippen molar-refractivity contribution in [2.24, 2.45) is 5.92 Å². The van der Waals surface area contributed by atoms with E-state index in [2.05, 4.69) is 37.7 Å². The third-order valence-electron chi connectivity index (χ3n) is 2.94. The van der Waals surface area contributed by atoms with Gasteiger partial charge in [-0.2, -0.15) is 0 Å². The largest absolute Gasteiger partial charge is 0.314 e. The Morgan fingerprint density at radius 1 is 0.947 bits per heavy atom. The van der Waals surface area contributed by atoms with Gasteiger partial charge in [-0.3, -0.25) is 0 Å². The van der Waals surface area contributed by atoms with E-state index >= 15 is 0 Å². The van der Waals surface area contributed by atoms with Gasteiger partial charge in [0.05, 0.1) is 5.75 Å². The summed E-state index contributed by atoms with van der Waals surface area (Å²) in [5.41, 5.74) is 0. The van der Waals surface area contributed by atoms with Crippen LogP contribution in [-0.4, -0.2) is 32.8 Å². The maximum absolute atomic E-state index is 11.8. The zero-order valence-electron chi connectivity index (χ0n) is 13.2. The summed E-state index contributed by atoms with van der Waals surface area (Å²) in [6.45, 7) is 11.2. The highest BCUT2D eigenvalue weighted by atomic mass is 32.2. The van der Waals surface area contributed by atoms with Crippen LogP contribution in [0.5, 0.6) is 0 Å². The lowest BCUT2D eigenvalue weighted by atomic mass is 10.0. The molecule has 4 nitrogen and oxygen atoms in total. The monoisotopic (exact) mass is 292 g/mol. The predicted molar refractivity (Wildman–Crippen MR) is 82.8 cm³/mol.